The van der Waals surface area contributed by atoms with Crippen molar-refractivity contribution in [1.29, 1.82) is 0 Å². The molecule has 0 bridgehead atoms. The maximum Gasteiger partial charge on any atom is 0.251 e. The van der Waals surface area contributed by atoms with E-state index in [-0.39, 0.29) is 17.0 Å². The van der Waals surface area contributed by atoms with Crippen LogP contribution in [0.2, 0.25) is 0 Å². The topological polar surface area (TPSA) is 117 Å². The molecule has 2 N–H and O–H groups in total. The Labute approximate surface area is 170 Å². The number of nitrogens with one attached hydrogen (secondary N) is 2. The van der Waals surface area contributed by atoms with Crippen LogP contribution in [-0.2, 0) is 21.4 Å². The molecule has 11 heteroatoms. The number of anilines is 1. The van der Waals surface area contributed by atoms with Gasteiger partial charge in [0.05, 0.1) is 18.0 Å². The average molecular weight is 423 g/mol. The van der Waals surface area contributed by atoms with Crippen LogP contribution in [0.5, 0.6) is 0 Å². The molecule has 2 rings (SSSR count). The zero-order valence-corrected chi connectivity index (χ0v) is 17.7. The quantitative estimate of drug-likeness (QED) is 0.590. The van der Waals surface area contributed by atoms with E-state index >= 15 is 0 Å². The predicted octanol–water partition coefficient (Wildman–Crippen LogP) is 0.0635. The molecular weight excluding hydrogens is 396 g/mol. The van der Waals surface area contributed by atoms with Crippen LogP contribution in [0, 0.1) is 0 Å². The highest BCUT2D eigenvalue weighted by atomic mass is 32.2. The number of likely N-dealkylation sites (N-methyl/N-ethyl adjacent to an activating group) is 1. The van der Waals surface area contributed by atoms with Crippen molar-refractivity contribution in [3.05, 3.63) is 42.1 Å². The van der Waals surface area contributed by atoms with Crippen LogP contribution in [0.1, 0.15) is 10.4 Å². The fraction of sp³-hybridized carbons (Fsp3) is 0.389. The Hall–Kier alpha value is -2.76. The van der Waals surface area contributed by atoms with Gasteiger partial charge in [0.25, 0.3) is 5.91 Å². The Morgan fingerprint density at radius 3 is 2.52 bits per heavy atom. The standard InChI is InChI=1S/C18H26N6O4S/c1-22(2)10-11-24-9-8-16(21-24)20-17(25)13-19-18(26)14-6-5-7-15(12-14)29(27,28)23(3)4/h5-9,12H,10-11,13H2,1-4H3,(H,19,26)(H,20,21,25). The summed E-state index contributed by atoms with van der Waals surface area (Å²) in [5.41, 5.74) is 0.147. The van der Waals surface area contributed by atoms with Crippen LogP contribution in [0.25, 0.3) is 0 Å². The summed E-state index contributed by atoms with van der Waals surface area (Å²) in [7, 11) is 3.09. The fourth-order valence-corrected chi connectivity index (χ4v) is 3.26. The SMILES string of the molecule is CN(C)CCn1ccc(NC(=O)CNC(=O)c2cccc(S(=O)(=O)N(C)C)c2)n1. The second-order valence-electron chi connectivity index (χ2n) is 6.81. The Bertz CT molecular complexity index is 968. The molecular formula is C18H26N6O4S. The molecule has 0 saturated carbocycles. The molecule has 0 radical (unpaired) electrons. The smallest absolute Gasteiger partial charge is 0.251 e. The molecule has 0 atom stereocenters. The molecule has 10 nitrogen and oxygen atoms in total. The molecule has 0 aliphatic heterocycles. The van der Waals surface area contributed by atoms with E-state index in [4.69, 9.17) is 0 Å². The number of sulfonamides is 1. The van der Waals surface area contributed by atoms with Crippen LogP contribution in [0.4, 0.5) is 5.82 Å². The molecule has 1 aromatic carbocycles. The number of carbonyl (C=O) groups excluding carboxylic acids is 2. The van der Waals surface area contributed by atoms with Gasteiger partial charge >= 0.3 is 0 Å². The van der Waals surface area contributed by atoms with Crippen molar-refractivity contribution in [3.63, 3.8) is 0 Å². The molecule has 0 saturated heterocycles. The Morgan fingerprint density at radius 2 is 1.86 bits per heavy atom. The first-order valence-corrected chi connectivity index (χ1v) is 10.3. The van der Waals surface area contributed by atoms with Crippen molar-refractivity contribution >= 4 is 27.7 Å². The van der Waals surface area contributed by atoms with Gasteiger partial charge in [0.1, 0.15) is 0 Å². The summed E-state index contributed by atoms with van der Waals surface area (Å²) < 4.78 is 27.1. The Morgan fingerprint density at radius 1 is 1.14 bits per heavy atom. The molecule has 0 aliphatic rings. The molecule has 0 unspecified atom stereocenters. The number of aromatic nitrogens is 2. The number of carbonyl (C=O) groups is 2. The van der Waals surface area contributed by atoms with Gasteiger partial charge in [-0.3, -0.25) is 14.3 Å². The highest BCUT2D eigenvalue weighted by Crippen LogP contribution is 2.14. The monoisotopic (exact) mass is 422 g/mol. The van der Waals surface area contributed by atoms with Gasteiger partial charge in [-0.2, -0.15) is 5.10 Å². The maximum absolute atomic E-state index is 12.3. The first-order valence-electron chi connectivity index (χ1n) is 8.88. The van der Waals surface area contributed by atoms with E-state index in [0.29, 0.717) is 12.4 Å². The van der Waals surface area contributed by atoms with Gasteiger partial charge in [0, 0.05) is 38.5 Å². The average Bonchev–Trinajstić information content (AvgIpc) is 3.11. The number of benzene rings is 1. The Kier molecular flexibility index (Phi) is 7.48. The maximum atomic E-state index is 12.3. The largest absolute Gasteiger partial charge is 0.343 e. The summed E-state index contributed by atoms with van der Waals surface area (Å²) in [6, 6.07) is 7.31. The van der Waals surface area contributed by atoms with Crippen molar-refractivity contribution in [2.45, 2.75) is 11.4 Å². The number of rotatable bonds is 9. The minimum atomic E-state index is -3.65. The lowest BCUT2D eigenvalue weighted by molar-refractivity contribution is -0.115. The zero-order valence-electron chi connectivity index (χ0n) is 16.9. The highest BCUT2D eigenvalue weighted by Gasteiger charge is 2.19. The molecule has 1 heterocycles. The molecule has 0 spiro atoms. The molecule has 0 aliphatic carbocycles. The second-order valence-corrected chi connectivity index (χ2v) is 8.97. The minimum absolute atomic E-state index is 0.00265. The number of nitrogens with zero attached hydrogens (tertiary/aromatic N) is 4. The summed E-state index contributed by atoms with van der Waals surface area (Å²) in [4.78, 5) is 26.4. The minimum Gasteiger partial charge on any atom is -0.343 e. The third-order valence-corrected chi connectivity index (χ3v) is 5.78. The summed E-state index contributed by atoms with van der Waals surface area (Å²) in [6.07, 6.45) is 1.76. The van der Waals surface area contributed by atoms with Gasteiger partial charge in [0.2, 0.25) is 15.9 Å². The first-order chi connectivity index (χ1) is 13.6. The van der Waals surface area contributed by atoms with E-state index in [0.717, 1.165) is 10.8 Å². The molecule has 29 heavy (non-hydrogen) atoms. The van der Waals surface area contributed by atoms with Gasteiger partial charge in [-0.05, 0) is 32.3 Å². The molecule has 158 valence electrons. The number of amides is 2. The van der Waals surface area contributed by atoms with Crippen molar-refractivity contribution in [2.24, 2.45) is 0 Å². The van der Waals surface area contributed by atoms with Gasteiger partial charge in [-0.1, -0.05) is 6.07 Å². The van der Waals surface area contributed by atoms with Crippen LogP contribution >= 0.6 is 0 Å². The van der Waals surface area contributed by atoms with Crippen LogP contribution in [0.3, 0.4) is 0 Å². The van der Waals surface area contributed by atoms with E-state index in [1.807, 2.05) is 19.0 Å². The summed E-state index contributed by atoms with van der Waals surface area (Å²) in [5, 5.41) is 9.32. The van der Waals surface area contributed by atoms with Crippen molar-refractivity contribution in [3.8, 4) is 0 Å². The summed E-state index contributed by atoms with van der Waals surface area (Å²) in [6.45, 7) is 1.23. The second kappa shape index (κ2) is 9.63. The van der Waals surface area contributed by atoms with Crippen molar-refractivity contribution in [2.75, 3.05) is 46.6 Å². The molecule has 0 fully saturated rings. The van der Waals surface area contributed by atoms with Crippen molar-refractivity contribution in [1.82, 2.24) is 24.3 Å². The summed E-state index contributed by atoms with van der Waals surface area (Å²) in [5.74, 6) is -0.595. The van der Waals surface area contributed by atoms with Gasteiger partial charge in [0.15, 0.2) is 5.82 Å². The number of hydrogen-bond donors (Lipinski definition) is 2. The highest BCUT2D eigenvalue weighted by molar-refractivity contribution is 7.89. The van der Waals surface area contributed by atoms with Crippen LogP contribution < -0.4 is 10.6 Å². The van der Waals surface area contributed by atoms with Gasteiger partial charge < -0.3 is 15.5 Å². The first kappa shape index (κ1) is 22.5. The lowest BCUT2D eigenvalue weighted by atomic mass is 10.2. The van der Waals surface area contributed by atoms with E-state index in [1.54, 1.807) is 16.9 Å². The fourth-order valence-electron chi connectivity index (χ4n) is 2.31. The third kappa shape index (κ3) is 6.38. The van der Waals surface area contributed by atoms with Gasteiger partial charge in [-0.25, -0.2) is 12.7 Å². The van der Waals surface area contributed by atoms with Crippen LogP contribution in [-0.4, -0.2) is 80.5 Å². The van der Waals surface area contributed by atoms with E-state index in [9.17, 15) is 18.0 Å². The third-order valence-electron chi connectivity index (χ3n) is 3.97. The Balaban J connectivity index is 1.91. The summed E-state index contributed by atoms with van der Waals surface area (Å²) >= 11 is 0. The molecule has 2 aromatic rings. The molecule has 2 amide bonds. The van der Waals surface area contributed by atoms with E-state index < -0.39 is 21.8 Å². The lowest BCUT2D eigenvalue weighted by Crippen LogP contribution is -2.33. The van der Waals surface area contributed by atoms with Crippen molar-refractivity contribution < 1.29 is 18.0 Å². The number of hydrogen-bond acceptors (Lipinski definition) is 6. The van der Waals surface area contributed by atoms with E-state index in [2.05, 4.69) is 15.7 Å². The van der Waals surface area contributed by atoms with Crippen LogP contribution in [0.15, 0.2) is 41.4 Å². The molecule has 1 aromatic heterocycles. The lowest BCUT2D eigenvalue weighted by Gasteiger charge is -2.12. The zero-order chi connectivity index (χ0) is 21.6. The normalized spacial score (nSPS) is 11.7. The van der Waals surface area contributed by atoms with Gasteiger partial charge in [-0.15, -0.1) is 0 Å². The van der Waals surface area contributed by atoms with E-state index in [1.165, 1.54) is 38.4 Å². The predicted molar refractivity (Wildman–Crippen MR) is 109 cm³/mol.